The average molecular weight is 285 g/mol. The fourth-order valence-corrected chi connectivity index (χ4v) is 3.09. The maximum Gasteiger partial charge on any atom is 0.233 e. The molecule has 0 unspecified atom stereocenters. The van der Waals surface area contributed by atoms with Gasteiger partial charge in [0.05, 0.1) is 10.4 Å². The summed E-state index contributed by atoms with van der Waals surface area (Å²) in [6.45, 7) is 6.91. The number of carbonyl (C=O) groups excluding carboxylic acids is 1. The highest BCUT2D eigenvalue weighted by Crippen LogP contribution is 2.27. The van der Waals surface area contributed by atoms with E-state index in [1.165, 1.54) is 0 Å². The van der Waals surface area contributed by atoms with Crippen LogP contribution in [0.3, 0.4) is 0 Å². The van der Waals surface area contributed by atoms with Gasteiger partial charge in [-0.3, -0.25) is 4.79 Å². The third-order valence-electron chi connectivity index (χ3n) is 4.50. The molecule has 1 heterocycles. The van der Waals surface area contributed by atoms with Crippen LogP contribution in [0.2, 0.25) is 0 Å². The van der Waals surface area contributed by atoms with E-state index < -0.39 is 5.41 Å². The van der Waals surface area contributed by atoms with Crippen molar-refractivity contribution < 1.29 is 4.79 Å². The molecule has 1 saturated heterocycles. The first-order chi connectivity index (χ1) is 8.96. The van der Waals surface area contributed by atoms with Gasteiger partial charge in [0.25, 0.3) is 0 Å². The maximum absolute atomic E-state index is 12.4. The summed E-state index contributed by atoms with van der Waals surface area (Å²) in [5.74, 6) is 0.585. The van der Waals surface area contributed by atoms with Crippen LogP contribution in [0.15, 0.2) is 0 Å². The normalized spacial score (nSPS) is 18.3. The summed E-state index contributed by atoms with van der Waals surface area (Å²) < 4.78 is 0. The number of nitrogens with two attached hydrogens (primary N) is 1. The lowest BCUT2D eigenvalue weighted by Gasteiger charge is -2.32. The minimum Gasteiger partial charge on any atom is -0.392 e. The Morgan fingerprint density at radius 3 is 2.32 bits per heavy atom. The van der Waals surface area contributed by atoms with E-state index in [1.807, 2.05) is 13.8 Å². The number of carbonyl (C=O) groups is 1. The Hall–Kier alpha value is -0.680. The van der Waals surface area contributed by atoms with Crippen LogP contribution in [-0.2, 0) is 4.79 Å². The molecule has 0 saturated carbocycles. The number of rotatable bonds is 6. The number of thiocarbonyl (C=S) groups is 1. The fourth-order valence-electron chi connectivity index (χ4n) is 2.70. The predicted octanol–water partition coefficient (Wildman–Crippen LogP) is 1.54. The summed E-state index contributed by atoms with van der Waals surface area (Å²) in [5.41, 5.74) is 5.12. The van der Waals surface area contributed by atoms with Crippen LogP contribution in [0.1, 0.15) is 39.5 Å². The molecule has 1 amide bonds. The van der Waals surface area contributed by atoms with E-state index in [9.17, 15) is 4.79 Å². The third-order valence-corrected chi connectivity index (χ3v) is 4.89. The molecule has 0 spiro atoms. The number of hydrogen-bond donors (Lipinski definition) is 2. The predicted molar refractivity (Wildman–Crippen MR) is 83.0 cm³/mol. The molecule has 0 aliphatic carbocycles. The molecule has 0 atom stereocenters. The molecule has 4 nitrogen and oxygen atoms in total. The molecule has 1 fully saturated rings. The van der Waals surface area contributed by atoms with Gasteiger partial charge in [-0.15, -0.1) is 0 Å². The lowest BCUT2D eigenvalue weighted by atomic mass is 9.81. The highest BCUT2D eigenvalue weighted by atomic mass is 32.1. The van der Waals surface area contributed by atoms with E-state index in [4.69, 9.17) is 18.0 Å². The summed E-state index contributed by atoms with van der Waals surface area (Å²) in [4.78, 5) is 15.0. The molecule has 0 aromatic rings. The summed E-state index contributed by atoms with van der Waals surface area (Å²) in [7, 11) is 2.14. The third kappa shape index (κ3) is 3.89. The van der Waals surface area contributed by atoms with E-state index in [1.54, 1.807) is 0 Å². The fraction of sp³-hybridized carbons (Fsp3) is 0.857. The molecule has 1 rings (SSSR count). The van der Waals surface area contributed by atoms with E-state index >= 15 is 0 Å². The smallest absolute Gasteiger partial charge is 0.233 e. The molecule has 3 N–H and O–H groups in total. The summed E-state index contributed by atoms with van der Waals surface area (Å²) in [6.07, 6.45) is 3.63. The lowest BCUT2D eigenvalue weighted by Crippen LogP contribution is -2.49. The second-order valence-corrected chi connectivity index (χ2v) is 6.05. The topological polar surface area (TPSA) is 58.4 Å². The number of nitrogens with one attached hydrogen (secondary N) is 1. The zero-order valence-electron chi connectivity index (χ0n) is 12.4. The number of likely N-dealkylation sites (tertiary alicyclic amines) is 1. The number of hydrogen-bond acceptors (Lipinski definition) is 3. The van der Waals surface area contributed by atoms with Crippen molar-refractivity contribution >= 4 is 23.1 Å². The number of amides is 1. The Bertz CT molecular complexity index is 321. The van der Waals surface area contributed by atoms with Crippen molar-refractivity contribution in [2.45, 2.75) is 39.5 Å². The van der Waals surface area contributed by atoms with Gasteiger partial charge in [-0.25, -0.2) is 0 Å². The van der Waals surface area contributed by atoms with Crippen molar-refractivity contribution in [3.8, 4) is 0 Å². The second-order valence-electron chi connectivity index (χ2n) is 5.61. The van der Waals surface area contributed by atoms with Crippen LogP contribution in [0.25, 0.3) is 0 Å². The van der Waals surface area contributed by atoms with E-state index in [0.717, 1.165) is 32.5 Å². The van der Waals surface area contributed by atoms with Gasteiger partial charge in [0.2, 0.25) is 5.91 Å². The van der Waals surface area contributed by atoms with Crippen LogP contribution in [-0.4, -0.2) is 42.5 Å². The van der Waals surface area contributed by atoms with E-state index in [-0.39, 0.29) is 5.91 Å². The first kappa shape index (κ1) is 16.4. The van der Waals surface area contributed by atoms with Crippen molar-refractivity contribution in [1.82, 2.24) is 10.2 Å². The van der Waals surface area contributed by atoms with Crippen molar-refractivity contribution in [1.29, 1.82) is 0 Å². The highest BCUT2D eigenvalue weighted by molar-refractivity contribution is 7.80. The first-order valence-electron chi connectivity index (χ1n) is 7.23. The zero-order valence-corrected chi connectivity index (χ0v) is 13.2. The van der Waals surface area contributed by atoms with Crippen LogP contribution in [0, 0.1) is 11.3 Å². The highest BCUT2D eigenvalue weighted by Gasteiger charge is 2.38. The quantitative estimate of drug-likeness (QED) is 0.727. The first-order valence-corrected chi connectivity index (χ1v) is 7.63. The zero-order chi connectivity index (χ0) is 14.5. The molecule has 1 aliphatic heterocycles. The number of nitrogens with zero attached hydrogens (tertiary/aromatic N) is 1. The van der Waals surface area contributed by atoms with Gasteiger partial charge < -0.3 is 16.0 Å². The standard InChI is InChI=1S/C14H27N3OS/c1-4-14(5-2,12(15)19)13(18)16-10-11-6-8-17(3)9-7-11/h11H,4-10H2,1-3H3,(H2,15,19)(H,16,18). The molecule has 19 heavy (non-hydrogen) atoms. The monoisotopic (exact) mass is 285 g/mol. The van der Waals surface area contributed by atoms with Crippen LogP contribution in [0.5, 0.6) is 0 Å². The largest absolute Gasteiger partial charge is 0.392 e. The molecule has 1 aliphatic rings. The van der Waals surface area contributed by atoms with Gasteiger partial charge in [0.1, 0.15) is 0 Å². The van der Waals surface area contributed by atoms with Crippen LogP contribution >= 0.6 is 12.2 Å². The molecular formula is C14H27N3OS. The van der Waals surface area contributed by atoms with Gasteiger partial charge in [0, 0.05) is 6.54 Å². The minimum absolute atomic E-state index is 0.00364. The molecule has 0 bridgehead atoms. The summed E-state index contributed by atoms with van der Waals surface area (Å²) in [5, 5.41) is 3.07. The van der Waals surface area contributed by atoms with Gasteiger partial charge >= 0.3 is 0 Å². The van der Waals surface area contributed by atoms with E-state index in [0.29, 0.717) is 23.7 Å². The van der Waals surface area contributed by atoms with Crippen molar-refractivity contribution in [3.63, 3.8) is 0 Å². The van der Waals surface area contributed by atoms with Crippen molar-refractivity contribution in [2.24, 2.45) is 17.1 Å². The molecule has 110 valence electrons. The maximum atomic E-state index is 12.4. The molecule has 5 heteroatoms. The second kappa shape index (κ2) is 7.20. The van der Waals surface area contributed by atoms with Crippen LogP contribution < -0.4 is 11.1 Å². The Kier molecular flexibility index (Phi) is 6.20. The Balaban J connectivity index is 2.51. The average Bonchev–Trinajstić information content (AvgIpc) is 2.39. The minimum atomic E-state index is -0.666. The Morgan fingerprint density at radius 2 is 1.89 bits per heavy atom. The Morgan fingerprint density at radius 1 is 1.37 bits per heavy atom. The van der Waals surface area contributed by atoms with Gasteiger partial charge in [-0.1, -0.05) is 26.1 Å². The number of piperidine rings is 1. The summed E-state index contributed by atoms with van der Waals surface area (Å²) >= 11 is 5.10. The SMILES string of the molecule is CCC(CC)(C(=O)NCC1CCN(C)CC1)C(N)=S. The van der Waals surface area contributed by atoms with Crippen LogP contribution in [0.4, 0.5) is 0 Å². The van der Waals surface area contributed by atoms with Gasteiger partial charge in [-0.05, 0) is 51.7 Å². The van der Waals surface area contributed by atoms with Gasteiger partial charge in [-0.2, -0.15) is 0 Å². The molecule has 0 aromatic heterocycles. The lowest BCUT2D eigenvalue weighted by molar-refractivity contribution is -0.128. The molecule has 0 radical (unpaired) electrons. The molecular weight excluding hydrogens is 258 g/mol. The summed E-state index contributed by atoms with van der Waals surface area (Å²) in [6, 6.07) is 0. The van der Waals surface area contributed by atoms with Gasteiger partial charge in [0.15, 0.2) is 0 Å². The van der Waals surface area contributed by atoms with E-state index in [2.05, 4.69) is 17.3 Å². The van der Waals surface area contributed by atoms with Crippen molar-refractivity contribution in [2.75, 3.05) is 26.7 Å². The molecule has 0 aromatic carbocycles. The Labute approximate surface area is 122 Å². The van der Waals surface area contributed by atoms with Crippen molar-refractivity contribution in [3.05, 3.63) is 0 Å².